The number of amides is 1. The summed E-state index contributed by atoms with van der Waals surface area (Å²) in [5.74, 6) is 0.892. The number of benzene rings is 2. The predicted molar refractivity (Wildman–Crippen MR) is 105 cm³/mol. The molecule has 0 aromatic heterocycles. The zero-order valence-electron chi connectivity index (χ0n) is 16.4. The smallest absolute Gasteiger partial charge is 0.269 e. The highest BCUT2D eigenvalue weighted by atomic mass is 16.6. The summed E-state index contributed by atoms with van der Waals surface area (Å²) in [6.07, 6.45) is 0. The lowest BCUT2D eigenvalue weighted by Gasteiger charge is -2.25. The zero-order chi connectivity index (χ0) is 20.1. The van der Waals surface area contributed by atoms with Crippen molar-refractivity contribution in [3.63, 3.8) is 0 Å². The molecule has 0 N–H and O–H groups in total. The Labute approximate surface area is 159 Å². The molecule has 144 valence electrons. The summed E-state index contributed by atoms with van der Waals surface area (Å²) in [5.41, 5.74) is 3.10. The van der Waals surface area contributed by atoms with E-state index in [1.807, 2.05) is 32.0 Å². The van der Waals surface area contributed by atoms with Gasteiger partial charge < -0.3 is 9.64 Å². The van der Waals surface area contributed by atoms with Crippen LogP contribution in [0.2, 0.25) is 0 Å². The first-order valence-electron chi connectivity index (χ1n) is 8.94. The maximum Gasteiger partial charge on any atom is 0.269 e. The molecule has 1 amide bonds. The van der Waals surface area contributed by atoms with Crippen molar-refractivity contribution in [3.8, 4) is 5.75 Å². The molecule has 0 aliphatic rings. The predicted octanol–water partition coefficient (Wildman–Crippen LogP) is 4.63. The molecule has 2 aromatic rings. The lowest BCUT2D eigenvalue weighted by molar-refractivity contribution is -0.384. The normalized spacial score (nSPS) is 11.9. The standard InChI is InChI=1S/C21H26N2O4/c1-14(2)20-10-9-19(11-15(20)3)27-13-21(24)22(5)16(4)17-7-6-8-18(12-17)23(25)26/h6-12,14,16H,13H2,1-5H3. The summed E-state index contributed by atoms with van der Waals surface area (Å²) in [4.78, 5) is 24.5. The maximum absolute atomic E-state index is 12.5. The average molecular weight is 370 g/mol. The van der Waals surface area contributed by atoms with Gasteiger partial charge in [-0.25, -0.2) is 0 Å². The number of nitro benzene ring substituents is 1. The van der Waals surface area contributed by atoms with Gasteiger partial charge in [0.2, 0.25) is 0 Å². The summed E-state index contributed by atoms with van der Waals surface area (Å²) >= 11 is 0. The van der Waals surface area contributed by atoms with Gasteiger partial charge in [0, 0.05) is 19.2 Å². The van der Waals surface area contributed by atoms with Crippen molar-refractivity contribution in [3.05, 3.63) is 69.3 Å². The molecule has 0 aliphatic heterocycles. The molecule has 2 aromatic carbocycles. The quantitative estimate of drug-likeness (QED) is 0.526. The van der Waals surface area contributed by atoms with Crippen molar-refractivity contribution in [1.82, 2.24) is 4.90 Å². The maximum atomic E-state index is 12.5. The number of likely N-dealkylation sites (N-methyl/N-ethyl adjacent to an activating group) is 1. The molecule has 6 heteroatoms. The largest absolute Gasteiger partial charge is 0.484 e. The Hall–Kier alpha value is -2.89. The molecular weight excluding hydrogens is 344 g/mol. The lowest BCUT2D eigenvalue weighted by Crippen LogP contribution is -2.33. The SMILES string of the molecule is Cc1cc(OCC(=O)N(C)C(C)c2cccc([N+](=O)[O-])c2)ccc1C(C)C. The molecule has 0 aliphatic carbocycles. The molecular formula is C21H26N2O4. The molecule has 0 bridgehead atoms. The van der Waals surface area contributed by atoms with Crippen LogP contribution in [0, 0.1) is 17.0 Å². The molecule has 0 saturated carbocycles. The second-order valence-corrected chi connectivity index (χ2v) is 6.99. The third-order valence-electron chi connectivity index (χ3n) is 4.76. The van der Waals surface area contributed by atoms with E-state index in [0.717, 1.165) is 5.56 Å². The Bertz CT molecular complexity index is 833. The Morgan fingerprint density at radius 2 is 1.89 bits per heavy atom. The summed E-state index contributed by atoms with van der Waals surface area (Å²) in [5, 5.41) is 10.9. The van der Waals surface area contributed by atoms with Crippen LogP contribution in [0.4, 0.5) is 5.69 Å². The minimum atomic E-state index is -0.440. The third-order valence-corrected chi connectivity index (χ3v) is 4.76. The van der Waals surface area contributed by atoms with Gasteiger partial charge >= 0.3 is 0 Å². The van der Waals surface area contributed by atoms with Gasteiger partial charge in [0.1, 0.15) is 5.75 Å². The number of hydrogen-bond acceptors (Lipinski definition) is 4. The molecule has 0 fully saturated rings. The Morgan fingerprint density at radius 1 is 1.19 bits per heavy atom. The monoisotopic (exact) mass is 370 g/mol. The summed E-state index contributed by atoms with van der Waals surface area (Å²) in [6, 6.07) is 11.9. The number of rotatable bonds is 7. The lowest BCUT2D eigenvalue weighted by atomic mass is 9.98. The Morgan fingerprint density at radius 3 is 2.48 bits per heavy atom. The van der Waals surface area contributed by atoms with E-state index in [1.54, 1.807) is 19.2 Å². The minimum Gasteiger partial charge on any atom is -0.484 e. The molecule has 0 heterocycles. The first-order chi connectivity index (χ1) is 12.7. The van der Waals surface area contributed by atoms with Gasteiger partial charge in [-0.05, 0) is 48.6 Å². The van der Waals surface area contributed by atoms with Crippen molar-refractivity contribution in [2.75, 3.05) is 13.7 Å². The number of carbonyl (C=O) groups excluding carboxylic acids is 1. The molecule has 2 rings (SSSR count). The Balaban J connectivity index is 2.02. The van der Waals surface area contributed by atoms with Crippen molar-refractivity contribution < 1.29 is 14.5 Å². The van der Waals surface area contributed by atoms with E-state index in [-0.39, 0.29) is 24.2 Å². The van der Waals surface area contributed by atoms with Gasteiger partial charge in [-0.15, -0.1) is 0 Å². The third kappa shape index (κ3) is 5.06. The van der Waals surface area contributed by atoms with Crippen LogP contribution in [0.3, 0.4) is 0 Å². The molecule has 6 nitrogen and oxygen atoms in total. The van der Waals surface area contributed by atoms with Crippen LogP contribution in [0.15, 0.2) is 42.5 Å². The van der Waals surface area contributed by atoms with E-state index in [9.17, 15) is 14.9 Å². The first-order valence-corrected chi connectivity index (χ1v) is 8.94. The number of ether oxygens (including phenoxy) is 1. The second kappa shape index (κ2) is 8.66. The van der Waals surface area contributed by atoms with E-state index < -0.39 is 4.92 Å². The van der Waals surface area contributed by atoms with Gasteiger partial charge in [-0.3, -0.25) is 14.9 Å². The highest BCUT2D eigenvalue weighted by Crippen LogP contribution is 2.25. The van der Waals surface area contributed by atoms with Crippen LogP contribution in [0.25, 0.3) is 0 Å². The molecule has 0 saturated heterocycles. The molecule has 0 radical (unpaired) electrons. The van der Waals surface area contributed by atoms with Crippen LogP contribution in [0.5, 0.6) is 5.75 Å². The van der Waals surface area contributed by atoms with E-state index in [2.05, 4.69) is 13.8 Å². The second-order valence-electron chi connectivity index (χ2n) is 6.99. The van der Waals surface area contributed by atoms with Crippen molar-refractivity contribution >= 4 is 11.6 Å². The average Bonchev–Trinajstić information content (AvgIpc) is 2.64. The van der Waals surface area contributed by atoms with Gasteiger partial charge in [0.15, 0.2) is 6.61 Å². The topological polar surface area (TPSA) is 72.7 Å². The number of non-ortho nitro benzene ring substituents is 1. The highest BCUT2D eigenvalue weighted by molar-refractivity contribution is 5.78. The van der Waals surface area contributed by atoms with E-state index in [4.69, 9.17) is 4.74 Å². The van der Waals surface area contributed by atoms with Gasteiger partial charge in [0.25, 0.3) is 11.6 Å². The van der Waals surface area contributed by atoms with Crippen LogP contribution >= 0.6 is 0 Å². The van der Waals surface area contributed by atoms with Gasteiger partial charge in [0.05, 0.1) is 11.0 Å². The number of nitrogens with zero attached hydrogens (tertiary/aromatic N) is 2. The van der Waals surface area contributed by atoms with E-state index >= 15 is 0 Å². The Kier molecular flexibility index (Phi) is 6.55. The number of nitro groups is 1. The van der Waals surface area contributed by atoms with Crippen LogP contribution in [0.1, 0.15) is 49.4 Å². The van der Waals surface area contributed by atoms with E-state index in [0.29, 0.717) is 17.2 Å². The summed E-state index contributed by atoms with van der Waals surface area (Å²) in [7, 11) is 1.67. The van der Waals surface area contributed by atoms with Gasteiger partial charge in [-0.1, -0.05) is 32.0 Å². The molecule has 1 atom stereocenters. The summed E-state index contributed by atoms with van der Waals surface area (Å²) in [6.45, 7) is 8.04. The zero-order valence-corrected chi connectivity index (χ0v) is 16.4. The fourth-order valence-electron chi connectivity index (χ4n) is 2.97. The fourth-order valence-corrected chi connectivity index (χ4v) is 2.97. The highest BCUT2D eigenvalue weighted by Gasteiger charge is 2.20. The number of hydrogen-bond donors (Lipinski definition) is 0. The van der Waals surface area contributed by atoms with E-state index in [1.165, 1.54) is 22.6 Å². The van der Waals surface area contributed by atoms with Crippen LogP contribution in [-0.2, 0) is 4.79 Å². The minimum absolute atomic E-state index is 0.0113. The van der Waals surface area contributed by atoms with Gasteiger partial charge in [-0.2, -0.15) is 0 Å². The number of carbonyl (C=O) groups is 1. The molecule has 27 heavy (non-hydrogen) atoms. The van der Waals surface area contributed by atoms with Crippen molar-refractivity contribution in [2.24, 2.45) is 0 Å². The molecule has 0 spiro atoms. The first kappa shape index (κ1) is 20.4. The van der Waals surface area contributed by atoms with Crippen LogP contribution in [-0.4, -0.2) is 29.4 Å². The molecule has 1 unspecified atom stereocenters. The fraction of sp³-hybridized carbons (Fsp3) is 0.381. The number of aryl methyl sites for hydroxylation is 1. The van der Waals surface area contributed by atoms with Crippen molar-refractivity contribution in [1.29, 1.82) is 0 Å². The van der Waals surface area contributed by atoms with Crippen LogP contribution < -0.4 is 4.74 Å². The summed E-state index contributed by atoms with van der Waals surface area (Å²) < 4.78 is 5.65. The van der Waals surface area contributed by atoms with Crippen molar-refractivity contribution in [2.45, 2.75) is 39.7 Å².